The first-order valence-electron chi connectivity index (χ1n) is 6.42. The van der Waals surface area contributed by atoms with E-state index in [0.29, 0.717) is 12.5 Å². The third-order valence-electron chi connectivity index (χ3n) is 3.75. The van der Waals surface area contributed by atoms with Crippen molar-refractivity contribution in [1.82, 2.24) is 15.1 Å². The fraction of sp³-hybridized carbons (Fsp3) is 0.917. The lowest BCUT2D eigenvalue weighted by Crippen LogP contribution is -2.44. The monoisotopic (exact) mass is 225 g/mol. The molecule has 4 nitrogen and oxygen atoms in total. The average molecular weight is 225 g/mol. The Morgan fingerprint density at radius 1 is 1.50 bits per heavy atom. The molecule has 1 N–H and O–H groups in total. The van der Waals surface area contributed by atoms with Crippen molar-refractivity contribution in [3.63, 3.8) is 0 Å². The predicted octanol–water partition coefficient (Wildman–Crippen LogP) is 0.496. The van der Waals surface area contributed by atoms with E-state index in [1.807, 2.05) is 4.90 Å². The van der Waals surface area contributed by atoms with Gasteiger partial charge in [-0.25, -0.2) is 0 Å². The lowest BCUT2D eigenvalue weighted by atomic mass is 9.97. The van der Waals surface area contributed by atoms with E-state index < -0.39 is 0 Å². The van der Waals surface area contributed by atoms with Crippen LogP contribution >= 0.6 is 0 Å². The fourth-order valence-corrected chi connectivity index (χ4v) is 2.88. The van der Waals surface area contributed by atoms with Crippen LogP contribution in [0.3, 0.4) is 0 Å². The number of hydrogen-bond acceptors (Lipinski definition) is 3. The Hall–Kier alpha value is -0.610. The molecule has 2 aliphatic rings. The van der Waals surface area contributed by atoms with Gasteiger partial charge in [-0.2, -0.15) is 0 Å². The minimum absolute atomic E-state index is 0.278. The summed E-state index contributed by atoms with van der Waals surface area (Å²) in [4.78, 5) is 16.2. The minimum Gasteiger partial charge on any atom is -0.326 e. The molecule has 1 amide bonds. The van der Waals surface area contributed by atoms with E-state index in [9.17, 15) is 4.79 Å². The molecule has 0 saturated carbocycles. The minimum atomic E-state index is 0.278. The van der Waals surface area contributed by atoms with Crippen molar-refractivity contribution in [2.45, 2.75) is 32.4 Å². The quantitative estimate of drug-likeness (QED) is 0.759. The third-order valence-corrected chi connectivity index (χ3v) is 3.75. The van der Waals surface area contributed by atoms with Crippen LogP contribution in [0.4, 0.5) is 0 Å². The first-order chi connectivity index (χ1) is 7.70. The molecule has 2 fully saturated rings. The van der Waals surface area contributed by atoms with Gasteiger partial charge >= 0.3 is 0 Å². The van der Waals surface area contributed by atoms with E-state index in [2.05, 4.69) is 24.2 Å². The van der Waals surface area contributed by atoms with Crippen LogP contribution in [0.2, 0.25) is 0 Å². The van der Waals surface area contributed by atoms with E-state index in [1.54, 1.807) is 0 Å². The second-order valence-electron chi connectivity index (χ2n) is 5.12. The first-order valence-corrected chi connectivity index (χ1v) is 6.42. The zero-order chi connectivity index (χ0) is 11.5. The van der Waals surface area contributed by atoms with Gasteiger partial charge in [0, 0.05) is 13.1 Å². The van der Waals surface area contributed by atoms with Gasteiger partial charge in [0.05, 0.1) is 12.7 Å². The maximum atomic E-state index is 11.7. The second-order valence-corrected chi connectivity index (χ2v) is 5.12. The highest BCUT2D eigenvalue weighted by Crippen LogP contribution is 2.19. The number of carbonyl (C=O) groups excluding carboxylic acids is 1. The van der Waals surface area contributed by atoms with E-state index in [1.165, 1.54) is 19.4 Å². The normalized spacial score (nSPS) is 32.4. The molecule has 2 aliphatic heterocycles. The van der Waals surface area contributed by atoms with Gasteiger partial charge in [-0.05, 0) is 38.8 Å². The fourth-order valence-electron chi connectivity index (χ4n) is 2.88. The van der Waals surface area contributed by atoms with Gasteiger partial charge in [0.25, 0.3) is 0 Å². The molecule has 0 bridgehead atoms. The third kappa shape index (κ3) is 2.55. The molecule has 0 aromatic rings. The van der Waals surface area contributed by atoms with Crippen molar-refractivity contribution in [3.8, 4) is 0 Å². The van der Waals surface area contributed by atoms with E-state index in [0.717, 1.165) is 19.5 Å². The number of hydrogen-bond donors (Lipinski definition) is 1. The van der Waals surface area contributed by atoms with Crippen molar-refractivity contribution >= 4 is 5.91 Å². The summed E-state index contributed by atoms with van der Waals surface area (Å²) in [5.74, 6) is 0.941. The molecule has 2 rings (SSSR count). The summed E-state index contributed by atoms with van der Waals surface area (Å²) in [5.41, 5.74) is 0. The molecule has 2 unspecified atom stereocenters. The molecule has 92 valence electrons. The zero-order valence-electron chi connectivity index (χ0n) is 10.4. The number of likely N-dealkylation sites (tertiary alicyclic amines) is 1. The molecule has 0 aliphatic carbocycles. The number of nitrogens with one attached hydrogen (secondary N) is 1. The molecule has 0 radical (unpaired) electrons. The van der Waals surface area contributed by atoms with Crippen LogP contribution in [-0.4, -0.2) is 55.1 Å². The molecule has 4 heteroatoms. The number of rotatable bonds is 3. The maximum Gasteiger partial charge on any atom is 0.237 e. The lowest BCUT2D eigenvalue weighted by molar-refractivity contribution is -0.128. The smallest absolute Gasteiger partial charge is 0.237 e. The highest BCUT2D eigenvalue weighted by Gasteiger charge is 2.31. The average Bonchev–Trinajstić information content (AvgIpc) is 2.60. The summed E-state index contributed by atoms with van der Waals surface area (Å²) in [7, 11) is 2.17. The zero-order valence-corrected chi connectivity index (χ0v) is 10.4. The summed E-state index contributed by atoms with van der Waals surface area (Å²) in [6, 6.07) is 0. The summed E-state index contributed by atoms with van der Waals surface area (Å²) in [5, 5.41) is 3.27. The molecule has 2 atom stereocenters. The van der Waals surface area contributed by atoms with Crippen molar-refractivity contribution in [2.75, 3.05) is 33.2 Å². The Kier molecular flexibility index (Phi) is 3.82. The predicted molar refractivity (Wildman–Crippen MR) is 64.0 cm³/mol. The molecule has 0 aromatic heterocycles. The van der Waals surface area contributed by atoms with Gasteiger partial charge in [0.15, 0.2) is 0 Å². The number of amides is 1. The summed E-state index contributed by atoms with van der Waals surface area (Å²) in [6.45, 7) is 5.95. The molecular formula is C12H23N3O. The van der Waals surface area contributed by atoms with Crippen molar-refractivity contribution in [3.05, 3.63) is 0 Å². The van der Waals surface area contributed by atoms with Gasteiger partial charge in [-0.3, -0.25) is 10.1 Å². The summed E-state index contributed by atoms with van der Waals surface area (Å²) >= 11 is 0. The van der Waals surface area contributed by atoms with Gasteiger partial charge in [-0.1, -0.05) is 6.92 Å². The van der Waals surface area contributed by atoms with Gasteiger partial charge in [0.2, 0.25) is 5.91 Å². The largest absolute Gasteiger partial charge is 0.326 e. The van der Waals surface area contributed by atoms with Crippen LogP contribution in [0.5, 0.6) is 0 Å². The van der Waals surface area contributed by atoms with E-state index >= 15 is 0 Å². The molecule has 16 heavy (non-hydrogen) atoms. The molecule has 0 aromatic carbocycles. The standard InChI is InChI=1S/C12H23N3O/c1-3-11-13-7-12(16)15(11)9-10-5-4-6-14(2)8-10/h10-11,13H,3-9H2,1-2H3. The SMILES string of the molecule is CCC1NCC(=O)N1CC1CCCN(C)C1. The van der Waals surface area contributed by atoms with Crippen LogP contribution in [0, 0.1) is 5.92 Å². The molecule has 2 saturated heterocycles. The first kappa shape index (κ1) is 11.9. The van der Waals surface area contributed by atoms with E-state index in [-0.39, 0.29) is 12.1 Å². The van der Waals surface area contributed by atoms with Crippen LogP contribution < -0.4 is 5.32 Å². The van der Waals surface area contributed by atoms with E-state index in [4.69, 9.17) is 0 Å². The number of piperidine rings is 1. The van der Waals surface area contributed by atoms with Crippen molar-refractivity contribution in [2.24, 2.45) is 5.92 Å². The molecule has 0 spiro atoms. The highest BCUT2D eigenvalue weighted by atomic mass is 16.2. The summed E-state index contributed by atoms with van der Waals surface area (Å²) < 4.78 is 0. The molecular weight excluding hydrogens is 202 g/mol. The van der Waals surface area contributed by atoms with Crippen molar-refractivity contribution in [1.29, 1.82) is 0 Å². The van der Waals surface area contributed by atoms with Crippen LogP contribution in [0.15, 0.2) is 0 Å². The lowest BCUT2D eigenvalue weighted by Gasteiger charge is -2.34. The maximum absolute atomic E-state index is 11.7. The molecule has 2 heterocycles. The Bertz CT molecular complexity index is 257. The Balaban J connectivity index is 1.89. The van der Waals surface area contributed by atoms with Gasteiger partial charge < -0.3 is 9.80 Å². The summed E-state index contributed by atoms with van der Waals surface area (Å²) in [6.07, 6.45) is 3.83. The van der Waals surface area contributed by atoms with Crippen LogP contribution in [0.25, 0.3) is 0 Å². The second kappa shape index (κ2) is 5.15. The Morgan fingerprint density at radius 2 is 2.31 bits per heavy atom. The highest BCUT2D eigenvalue weighted by molar-refractivity contribution is 5.80. The number of nitrogens with zero attached hydrogens (tertiary/aromatic N) is 2. The van der Waals surface area contributed by atoms with Crippen LogP contribution in [0.1, 0.15) is 26.2 Å². The van der Waals surface area contributed by atoms with Gasteiger partial charge in [0.1, 0.15) is 0 Å². The Labute approximate surface area is 98.0 Å². The Morgan fingerprint density at radius 3 is 3.00 bits per heavy atom. The number of carbonyl (C=O) groups is 1. The van der Waals surface area contributed by atoms with Crippen molar-refractivity contribution < 1.29 is 4.79 Å². The van der Waals surface area contributed by atoms with Crippen LogP contribution in [-0.2, 0) is 4.79 Å². The topological polar surface area (TPSA) is 35.6 Å². The van der Waals surface area contributed by atoms with Gasteiger partial charge in [-0.15, -0.1) is 0 Å².